The highest BCUT2D eigenvalue weighted by Crippen LogP contribution is 2.26. The number of aromatic nitrogens is 2. The van der Waals surface area contributed by atoms with Gasteiger partial charge in [0.1, 0.15) is 5.52 Å². The van der Waals surface area contributed by atoms with Crippen LogP contribution in [0.2, 0.25) is 5.02 Å². The van der Waals surface area contributed by atoms with Crippen molar-refractivity contribution in [3.63, 3.8) is 0 Å². The molecule has 74 valence electrons. The standard InChI is InChI=1S/C10H12ClN3/c1-6(4-12)7-2-8(11)10-9(3-7)13-5-14-10/h2-3,5-6H,4,12H2,1H3,(H,13,14). The molecule has 0 bridgehead atoms. The number of fused-ring (bicyclic) bond motifs is 1. The van der Waals surface area contributed by atoms with E-state index < -0.39 is 0 Å². The highest BCUT2D eigenvalue weighted by Gasteiger charge is 2.08. The summed E-state index contributed by atoms with van der Waals surface area (Å²) in [5, 5.41) is 0.680. The molecule has 1 atom stereocenters. The lowest BCUT2D eigenvalue weighted by Gasteiger charge is -2.09. The highest BCUT2D eigenvalue weighted by atomic mass is 35.5. The van der Waals surface area contributed by atoms with Crippen molar-refractivity contribution in [3.8, 4) is 0 Å². The van der Waals surface area contributed by atoms with E-state index in [0.717, 1.165) is 16.6 Å². The number of rotatable bonds is 2. The zero-order valence-electron chi connectivity index (χ0n) is 7.92. The summed E-state index contributed by atoms with van der Waals surface area (Å²) in [5.41, 5.74) is 8.54. The van der Waals surface area contributed by atoms with Crippen molar-refractivity contribution in [2.24, 2.45) is 5.73 Å². The van der Waals surface area contributed by atoms with Gasteiger partial charge in [0.05, 0.1) is 16.9 Å². The maximum absolute atomic E-state index is 6.08. The van der Waals surface area contributed by atoms with Gasteiger partial charge in [-0.25, -0.2) is 4.98 Å². The molecule has 0 aliphatic heterocycles. The first kappa shape index (κ1) is 9.49. The summed E-state index contributed by atoms with van der Waals surface area (Å²) in [6.45, 7) is 2.70. The number of imidazole rings is 1. The van der Waals surface area contributed by atoms with Crippen LogP contribution in [0, 0.1) is 0 Å². The van der Waals surface area contributed by atoms with Crippen molar-refractivity contribution >= 4 is 22.6 Å². The fourth-order valence-electron chi connectivity index (χ4n) is 1.45. The Morgan fingerprint density at radius 3 is 3.07 bits per heavy atom. The third kappa shape index (κ3) is 1.49. The van der Waals surface area contributed by atoms with E-state index >= 15 is 0 Å². The monoisotopic (exact) mass is 209 g/mol. The van der Waals surface area contributed by atoms with Crippen LogP contribution in [0.4, 0.5) is 0 Å². The molecule has 0 amide bonds. The maximum atomic E-state index is 6.08. The van der Waals surface area contributed by atoms with E-state index in [-0.39, 0.29) is 0 Å². The second-order valence-electron chi connectivity index (χ2n) is 3.44. The number of H-pyrrole nitrogens is 1. The van der Waals surface area contributed by atoms with Gasteiger partial charge in [0.25, 0.3) is 0 Å². The van der Waals surface area contributed by atoms with Crippen LogP contribution in [0.5, 0.6) is 0 Å². The highest BCUT2D eigenvalue weighted by molar-refractivity contribution is 6.35. The van der Waals surface area contributed by atoms with Gasteiger partial charge in [-0.15, -0.1) is 0 Å². The van der Waals surface area contributed by atoms with Gasteiger partial charge in [-0.3, -0.25) is 0 Å². The molecule has 14 heavy (non-hydrogen) atoms. The van der Waals surface area contributed by atoms with Crippen LogP contribution in [0.15, 0.2) is 18.5 Å². The number of halogens is 1. The van der Waals surface area contributed by atoms with Crippen LogP contribution in [-0.4, -0.2) is 16.5 Å². The third-order valence-electron chi connectivity index (χ3n) is 2.42. The Balaban J connectivity index is 2.58. The van der Waals surface area contributed by atoms with Gasteiger partial charge in [-0.1, -0.05) is 18.5 Å². The lowest BCUT2D eigenvalue weighted by molar-refractivity contribution is 0.775. The smallest absolute Gasteiger partial charge is 0.107 e. The van der Waals surface area contributed by atoms with E-state index in [9.17, 15) is 0 Å². The predicted molar refractivity (Wildman–Crippen MR) is 58.6 cm³/mol. The second kappa shape index (κ2) is 3.59. The SMILES string of the molecule is CC(CN)c1cc(Cl)c2nc[nH]c2c1. The van der Waals surface area contributed by atoms with Crippen LogP contribution in [-0.2, 0) is 0 Å². The molecule has 0 saturated heterocycles. The Morgan fingerprint density at radius 2 is 2.36 bits per heavy atom. The van der Waals surface area contributed by atoms with Gasteiger partial charge in [0.15, 0.2) is 0 Å². The number of nitrogens with one attached hydrogen (secondary N) is 1. The number of aromatic amines is 1. The molecule has 1 unspecified atom stereocenters. The van der Waals surface area contributed by atoms with E-state index in [2.05, 4.69) is 16.9 Å². The van der Waals surface area contributed by atoms with Gasteiger partial charge in [-0.2, -0.15) is 0 Å². The Bertz CT molecular complexity index is 450. The normalized spacial score (nSPS) is 13.4. The van der Waals surface area contributed by atoms with Crippen molar-refractivity contribution < 1.29 is 0 Å². The van der Waals surface area contributed by atoms with Crippen molar-refractivity contribution in [1.82, 2.24) is 9.97 Å². The number of hydrogen-bond acceptors (Lipinski definition) is 2. The fourth-order valence-corrected chi connectivity index (χ4v) is 1.72. The molecule has 2 aromatic rings. The molecule has 0 aliphatic carbocycles. The zero-order valence-corrected chi connectivity index (χ0v) is 8.67. The number of benzene rings is 1. The predicted octanol–water partition coefficient (Wildman–Crippen LogP) is 2.28. The van der Waals surface area contributed by atoms with Crippen LogP contribution >= 0.6 is 11.6 Å². The van der Waals surface area contributed by atoms with E-state index in [0.29, 0.717) is 17.5 Å². The molecule has 4 heteroatoms. The average Bonchev–Trinajstić information content (AvgIpc) is 2.64. The minimum Gasteiger partial charge on any atom is -0.345 e. The molecule has 3 N–H and O–H groups in total. The quantitative estimate of drug-likeness (QED) is 0.798. The summed E-state index contributed by atoms with van der Waals surface area (Å²) < 4.78 is 0. The summed E-state index contributed by atoms with van der Waals surface area (Å²) in [6.07, 6.45) is 1.65. The molecule has 3 nitrogen and oxygen atoms in total. The first-order valence-corrected chi connectivity index (χ1v) is 4.92. The van der Waals surface area contributed by atoms with Crippen molar-refractivity contribution in [2.45, 2.75) is 12.8 Å². The summed E-state index contributed by atoms with van der Waals surface area (Å²) in [6, 6.07) is 3.98. The summed E-state index contributed by atoms with van der Waals surface area (Å²) in [4.78, 5) is 7.17. The van der Waals surface area contributed by atoms with E-state index in [4.69, 9.17) is 17.3 Å². The van der Waals surface area contributed by atoms with Gasteiger partial charge in [0.2, 0.25) is 0 Å². The van der Waals surface area contributed by atoms with Crippen LogP contribution in [0.25, 0.3) is 11.0 Å². The van der Waals surface area contributed by atoms with Crippen molar-refractivity contribution in [3.05, 3.63) is 29.0 Å². The first-order valence-electron chi connectivity index (χ1n) is 4.55. The minimum absolute atomic E-state index is 0.320. The Hall–Kier alpha value is -1.06. The van der Waals surface area contributed by atoms with Gasteiger partial charge < -0.3 is 10.7 Å². The first-order chi connectivity index (χ1) is 6.72. The topological polar surface area (TPSA) is 54.7 Å². The lowest BCUT2D eigenvalue weighted by atomic mass is 10.0. The second-order valence-corrected chi connectivity index (χ2v) is 3.85. The number of hydrogen-bond donors (Lipinski definition) is 2. The molecule has 1 aromatic carbocycles. The minimum atomic E-state index is 0.320. The molecule has 0 fully saturated rings. The van der Waals surface area contributed by atoms with Gasteiger partial charge in [-0.05, 0) is 30.2 Å². The lowest BCUT2D eigenvalue weighted by Crippen LogP contribution is -2.08. The number of nitrogens with two attached hydrogens (primary N) is 1. The molecule has 0 radical (unpaired) electrons. The molecule has 1 heterocycles. The maximum Gasteiger partial charge on any atom is 0.107 e. The molecule has 0 aliphatic rings. The largest absolute Gasteiger partial charge is 0.345 e. The molecular weight excluding hydrogens is 198 g/mol. The number of nitrogens with zero attached hydrogens (tertiary/aromatic N) is 1. The molecular formula is C10H12ClN3. The van der Waals surface area contributed by atoms with E-state index in [1.165, 1.54) is 0 Å². The Morgan fingerprint density at radius 1 is 1.57 bits per heavy atom. The Labute approximate surface area is 87.3 Å². The molecule has 0 spiro atoms. The molecule has 2 rings (SSSR count). The fraction of sp³-hybridized carbons (Fsp3) is 0.300. The Kier molecular flexibility index (Phi) is 2.44. The van der Waals surface area contributed by atoms with Crippen LogP contribution < -0.4 is 5.73 Å². The third-order valence-corrected chi connectivity index (χ3v) is 2.71. The van der Waals surface area contributed by atoms with Crippen LogP contribution in [0.3, 0.4) is 0 Å². The molecule has 0 saturated carbocycles. The van der Waals surface area contributed by atoms with Crippen molar-refractivity contribution in [1.29, 1.82) is 0 Å². The van der Waals surface area contributed by atoms with Gasteiger partial charge in [0, 0.05) is 0 Å². The molecule has 1 aromatic heterocycles. The zero-order chi connectivity index (χ0) is 10.1. The van der Waals surface area contributed by atoms with E-state index in [1.807, 2.05) is 12.1 Å². The average molecular weight is 210 g/mol. The summed E-state index contributed by atoms with van der Waals surface area (Å²) >= 11 is 6.08. The summed E-state index contributed by atoms with van der Waals surface area (Å²) in [7, 11) is 0. The van der Waals surface area contributed by atoms with Crippen LogP contribution in [0.1, 0.15) is 18.4 Å². The van der Waals surface area contributed by atoms with Crippen molar-refractivity contribution in [2.75, 3.05) is 6.54 Å². The summed E-state index contributed by atoms with van der Waals surface area (Å²) in [5.74, 6) is 0.320. The van der Waals surface area contributed by atoms with Gasteiger partial charge >= 0.3 is 0 Å². The van der Waals surface area contributed by atoms with E-state index in [1.54, 1.807) is 6.33 Å².